The fourth-order valence-corrected chi connectivity index (χ4v) is 4.09. The third-order valence-corrected chi connectivity index (χ3v) is 5.09. The normalized spacial score (nSPS) is 11.9. The summed E-state index contributed by atoms with van der Waals surface area (Å²) >= 11 is 1.79. The highest BCUT2D eigenvalue weighted by molar-refractivity contribution is 8.00. The molecule has 0 fully saturated rings. The molecule has 0 unspecified atom stereocenters. The van der Waals surface area contributed by atoms with Crippen molar-refractivity contribution in [1.29, 1.82) is 0 Å². The monoisotopic (exact) mass is 370 g/mol. The van der Waals surface area contributed by atoms with Crippen LogP contribution in [0, 0.1) is 6.92 Å². The number of benzene rings is 1. The second kappa shape index (κ2) is 7.33. The van der Waals surface area contributed by atoms with E-state index >= 15 is 0 Å². The fourth-order valence-electron chi connectivity index (χ4n) is 3.03. The summed E-state index contributed by atoms with van der Waals surface area (Å²) in [7, 11) is 3.43. The van der Waals surface area contributed by atoms with Crippen molar-refractivity contribution in [2.45, 2.75) is 43.9 Å². The second-order valence-electron chi connectivity index (χ2n) is 7.43. The van der Waals surface area contributed by atoms with E-state index in [0.29, 0.717) is 6.61 Å². The van der Waals surface area contributed by atoms with Gasteiger partial charge in [0, 0.05) is 29.7 Å². The number of aryl methyl sites for hydroxylation is 1. The Labute approximate surface area is 159 Å². The van der Waals surface area contributed by atoms with Crippen LogP contribution in [0.3, 0.4) is 0 Å². The molecule has 2 heterocycles. The standard InChI is InChI=1S/C21H26N2O2S/c1-14-7-15(13-24-5)9-16(8-14)17-11-22-20-10-18(25-6)19(12-23(17)20)26-21(2,3)4/h7-12H,13H2,1-6H3. The zero-order valence-corrected chi connectivity index (χ0v) is 17.1. The number of ether oxygens (including phenoxy) is 2. The maximum absolute atomic E-state index is 5.59. The molecule has 0 saturated carbocycles. The number of nitrogens with zero attached hydrogens (tertiary/aromatic N) is 2. The third-order valence-electron chi connectivity index (χ3n) is 3.95. The van der Waals surface area contributed by atoms with Gasteiger partial charge in [0.25, 0.3) is 0 Å². The molecule has 0 bridgehead atoms. The van der Waals surface area contributed by atoms with Crippen LogP contribution < -0.4 is 4.74 Å². The Hall–Kier alpha value is -1.98. The topological polar surface area (TPSA) is 35.8 Å². The Balaban J connectivity index is 2.14. The van der Waals surface area contributed by atoms with Crippen LogP contribution in [0.5, 0.6) is 5.75 Å². The van der Waals surface area contributed by atoms with Gasteiger partial charge in [-0.2, -0.15) is 0 Å². The Kier molecular flexibility index (Phi) is 5.30. The molecule has 0 radical (unpaired) electrons. The first-order chi connectivity index (χ1) is 12.3. The van der Waals surface area contributed by atoms with Gasteiger partial charge in [0.1, 0.15) is 11.4 Å². The van der Waals surface area contributed by atoms with Crippen LogP contribution in [0.15, 0.2) is 41.6 Å². The van der Waals surface area contributed by atoms with Crippen LogP contribution >= 0.6 is 11.8 Å². The number of pyridine rings is 1. The lowest BCUT2D eigenvalue weighted by Gasteiger charge is -2.20. The van der Waals surface area contributed by atoms with E-state index in [1.807, 2.05) is 12.3 Å². The van der Waals surface area contributed by atoms with E-state index in [1.165, 1.54) is 5.56 Å². The van der Waals surface area contributed by atoms with Gasteiger partial charge in [-0.3, -0.25) is 4.40 Å². The molecule has 0 saturated heterocycles. The average molecular weight is 371 g/mol. The minimum Gasteiger partial charge on any atom is -0.495 e. The first-order valence-electron chi connectivity index (χ1n) is 8.65. The van der Waals surface area contributed by atoms with E-state index in [2.05, 4.69) is 61.5 Å². The van der Waals surface area contributed by atoms with Crippen molar-refractivity contribution >= 4 is 17.4 Å². The summed E-state index contributed by atoms with van der Waals surface area (Å²) in [4.78, 5) is 5.70. The number of aromatic nitrogens is 2. The minimum atomic E-state index is 0.0939. The molecule has 0 amide bonds. The first kappa shape index (κ1) is 18.8. The summed E-state index contributed by atoms with van der Waals surface area (Å²) in [6.07, 6.45) is 4.05. The molecular weight excluding hydrogens is 344 g/mol. The molecule has 0 aliphatic carbocycles. The van der Waals surface area contributed by atoms with Crippen molar-refractivity contribution in [3.8, 4) is 17.0 Å². The average Bonchev–Trinajstić information content (AvgIpc) is 2.95. The van der Waals surface area contributed by atoms with Gasteiger partial charge in [0.15, 0.2) is 0 Å². The van der Waals surface area contributed by atoms with Crippen LogP contribution in [0.2, 0.25) is 0 Å². The van der Waals surface area contributed by atoms with Crippen LogP contribution in [0.1, 0.15) is 31.9 Å². The van der Waals surface area contributed by atoms with Crippen molar-refractivity contribution in [1.82, 2.24) is 9.38 Å². The van der Waals surface area contributed by atoms with E-state index in [0.717, 1.165) is 33.1 Å². The van der Waals surface area contributed by atoms with Crippen molar-refractivity contribution in [3.05, 3.63) is 47.8 Å². The molecule has 0 aliphatic rings. The number of rotatable bonds is 5. The lowest BCUT2D eigenvalue weighted by atomic mass is 10.0. The molecule has 0 atom stereocenters. The highest BCUT2D eigenvalue weighted by atomic mass is 32.2. The number of fused-ring (bicyclic) bond motifs is 1. The minimum absolute atomic E-state index is 0.0939. The first-order valence-corrected chi connectivity index (χ1v) is 9.46. The zero-order valence-electron chi connectivity index (χ0n) is 16.3. The molecule has 0 aliphatic heterocycles. The smallest absolute Gasteiger partial charge is 0.140 e. The third kappa shape index (κ3) is 4.05. The summed E-state index contributed by atoms with van der Waals surface area (Å²) < 4.78 is 13.1. The van der Waals surface area contributed by atoms with Crippen molar-refractivity contribution in [2.75, 3.05) is 14.2 Å². The molecule has 26 heavy (non-hydrogen) atoms. The lowest BCUT2D eigenvalue weighted by molar-refractivity contribution is 0.185. The molecular formula is C21H26N2O2S. The molecule has 1 aromatic carbocycles. The molecule has 3 rings (SSSR count). The number of hydrogen-bond donors (Lipinski definition) is 0. The van der Waals surface area contributed by atoms with Crippen LogP contribution in [0.4, 0.5) is 0 Å². The molecule has 4 nitrogen and oxygen atoms in total. The molecule has 138 valence electrons. The largest absolute Gasteiger partial charge is 0.495 e. The maximum Gasteiger partial charge on any atom is 0.140 e. The summed E-state index contributed by atoms with van der Waals surface area (Å²) in [5, 5.41) is 0. The van der Waals surface area contributed by atoms with E-state index in [4.69, 9.17) is 9.47 Å². The van der Waals surface area contributed by atoms with Gasteiger partial charge in [0.05, 0.1) is 30.5 Å². The van der Waals surface area contributed by atoms with E-state index < -0.39 is 0 Å². The SMILES string of the molecule is COCc1cc(C)cc(-c2cnc3cc(OC)c(SC(C)(C)C)cn23)c1. The fraction of sp³-hybridized carbons (Fsp3) is 0.381. The molecule has 2 aromatic heterocycles. The van der Waals surface area contributed by atoms with E-state index in [1.54, 1.807) is 26.0 Å². The lowest BCUT2D eigenvalue weighted by Crippen LogP contribution is -2.07. The highest BCUT2D eigenvalue weighted by Crippen LogP contribution is 2.39. The summed E-state index contributed by atoms with van der Waals surface area (Å²) in [6.45, 7) is 9.31. The van der Waals surface area contributed by atoms with Gasteiger partial charge in [-0.05, 0) is 24.6 Å². The number of hydrogen-bond acceptors (Lipinski definition) is 4. The van der Waals surface area contributed by atoms with Crippen LogP contribution in [0.25, 0.3) is 16.9 Å². The van der Waals surface area contributed by atoms with Crippen molar-refractivity contribution in [2.24, 2.45) is 0 Å². The second-order valence-corrected chi connectivity index (χ2v) is 9.30. The summed E-state index contributed by atoms with van der Waals surface area (Å²) in [5.74, 6) is 0.860. The van der Waals surface area contributed by atoms with Gasteiger partial charge in [-0.15, -0.1) is 11.8 Å². The number of methoxy groups -OCH3 is 2. The van der Waals surface area contributed by atoms with Crippen LogP contribution in [-0.4, -0.2) is 28.4 Å². The van der Waals surface area contributed by atoms with Crippen molar-refractivity contribution in [3.63, 3.8) is 0 Å². The van der Waals surface area contributed by atoms with Crippen molar-refractivity contribution < 1.29 is 9.47 Å². The Bertz CT molecular complexity index is 926. The summed E-state index contributed by atoms with van der Waals surface area (Å²) in [6, 6.07) is 8.51. The highest BCUT2D eigenvalue weighted by Gasteiger charge is 2.18. The molecule has 0 N–H and O–H groups in total. The number of imidazole rings is 1. The van der Waals surface area contributed by atoms with E-state index in [9.17, 15) is 0 Å². The Morgan fingerprint density at radius 3 is 2.54 bits per heavy atom. The van der Waals surface area contributed by atoms with Gasteiger partial charge < -0.3 is 9.47 Å². The van der Waals surface area contributed by atoms with Gasteiger partial charge in [-0.25, -0.2) is 4.98 Å². The predicted molar refractivity (Wildman–Crippen MR) is 108 cm³/mol. The van der Waals surface area contributed by atoms with E-state index in [-0.39, 0.29) is 4.75 Å². The molecule has 5 heteroatoms. The summed E-state index contributed by atoms with van der Waals surface area (Å²) in [5.41, 5.74) is 5.46. The van der Waals surface area contributed by atoms with Gasteiger partial charge in [-0.1, -0.05) is 32.4 Å². The Morgan fingerprint density at radius 2 is 1.88 bits per heavy atom. The molecule has 3 aromatic rings. The zero-order chi connectivity index (χ0) is 18.9. The number of thioether (sulfide) groups is 1. The predicted octanol–water partition coefficient (Wildman–Crippen LogP) is 5.36. The molecule has 0 spiro atoms. The quantitative estimate of drug-likeness (QED) is 0.567. The van der Waals surface area contributed by atoms with Gasteiger partial charge in [0.2, 0.25) is 0 Å². The maximum atomic E-state index is 5.59. The Morgan fingerprint density at radius 1 is 1.12 bits per heavy atom. The van der Waals surface area contributed by atoms with Gasteiger partial charge >= 0.3 is 0 Å². The van der Waals surface area contributed by atoms with Crippen LogP contribution in [-0.2, 0) is 11.3 Å².